The predicted molar refractivity (Wildman–Crippen MR) is 102 cm³/mol. The third kappa shape index (κ3) is 4.97. The molecule has 0 aliphatic heterocycles. The molecule has 0 amide bonds. The number of benzene rings is 1. The van der Waals surface area contributed by atoms with Crippen molar-refractivity contribution in [2.75, 3.05) is 25.0 Å². The summed E-state index contributed by atoms with van der Waals surface area (Å²) >= 11 is 12.4. The number of nitrogens with one attached hydrogen (secondary N) is 1. The first kappa shape index (κ1) is 18.3. The van der Waals surface area contributed by atoms with Crippen LogP contribution in [-0.2, 0) is 0 Å². The normalized spacial score (nSPS) is 12.8. The van der Waals surface area contributed by atoms with Crippen molar-refractivity contribution in [1.82, 2.24) is 9.88 Å². The fourth-order valence-electron chi connectivity index (χ4n) is 2.82. The van der Waals surface area contributed by atoms with Gasteiger partial charge in [0.25, 0.3) is 0 Å². The van der Waals surface area contributed by atoms with Crippen molar-refractivity contribution in [3.63, 3.8) is 0 Å². The summed E-state index contributed by atoms with van der Waals surface area (Å²) in [6.45, 7) is 10.0. The Morgan fingerprint density at radius 1 is 1.22 bits per heavy atom. The van der Waals surface area contributed by atoms with Gasteiger partial charge in [0.05, 0.1) is 10.5 Å². The minimum Gasteiger partial charge on any atom is -0.382 e. The number of anilines is 1. The fraction of sp³-hybridized carbons (Fsp3) is 0.500. The van der Waals surface area contributed by atoms with Crippen LogP contribution in [0.15, 0.2) is 24.4 Å². The molecule has 2 aromatic rings. The van der Waals surface area contributed by atoms with E-state index >= 15 is 0 Å². The molecule has 1 atom stereocenters. The monoisotopic (exact) mass is 353 g/mol. The van der Waals surface area contributed by atoms with Crippen LogP contribution in [0.4, 0.5) is 5.69 Å². The zero-order chi connectivity index (χ0) is 16.8. The van der Waals surface area contributed by atoms with Crippen molar-refractivity contribution in [2.45, 2.75) is 39.7 Å². The molecule has 0 bridgehead atoms. The summed E-state index contributed by atoms with van der Waals surface area (Å²) < 4.78 is 0. The van der Waals surface area contributed by atoms with Gasteiger partial charge in [-0.2, -0.15) is 0 Å². The van der Waals surface area contributed by atoms with E-state index in [4.69, 9.17) is 23.2 Å². The van der Waals surface area contributed by atoms with E-state index in [9.17, 15) is 0 Å². The van der Waals surface area contributed by atoms with Crippen LogP contribution in [0.3, 0.4) is 0 Å². The maximum atomic E-state index is 6.36. The van der Waals surface area contributed by atoms with Gasteiger partial charge < -0.3 is 10.2 Å². The van der Waals surface area contributed by atoms with Crippen LogP contribution in [0.1, 0.15) is 33.6 Å². The lowest BCUT2D eigenvalue weighted by Crippen LogP contribution is -2.25. The Bertz CT molecular complexity index is 641. The van der Waals surface area contributed by atoms with Gasteiger partial charge in [0.2, 0.25) is 0 Å². The first-order chi connectivity index (χ1) is 11.0. The predicted octanol–water partition coefficient (Wildman–Crippen LogP) is 5.46. The lowest BCUT2D eigenvalue weighted by molar-refractivity contribution is 0.295. The molecule has 126 valence electrons. The summed E-state index contributed by atoms with van der Waals surface area (Å²) in [5.74, 6) is 0. The van der Waals surface area contributed by atoms with Gasteiger partial charge in [0.15, 0.2) is 0 Å². The molecule has 1 unspecified atom stereocenters. The summed E-state index contributed by atoms with van der Waals surface area (Å²) in [6, 6.07) is 5.97. The number of aromatic nitrogens is 1. The first-order valence-corrected chi connectivity index (χ1v) is 9.03. The molecule has 0 fully saturated rings. The molecule has 2 rings (SSSR count). The molecule has 23 heavy (non-hydrogen) atoms. The lowest BCUT2D eigenvalue weighted by Gasteiger charge is -2.21. The van der Waals surface area contributed by atoms with E-state index in [1.54, 1.807) is 12.3 Å². The van der Waals surface area contributed by atoms with E-state index in [1.165, 1.54) is 6.42 Å². The molecule has 0 saturated carbocycles. The molecule has 0 saturated heterocycles. The fourth-order valence-corrected chi connectivity index (χ4v) is 3.41. The zero-order valence-corrected chi connectivity index (χ0v) is 15.6. The largest absolute Gasteiger partial charge is 0.382 e. The quantitative estimate of drug-likeness (QED) is 0.682. The Labute approximate surface area is 149 Å². The second kappa shape index (κ2) is 8.72. The second-order valence-electron chi connectivity index (χ2n) is 5.85. The van der Waals surface area contributed by atoms with Crippen LogP contribution in [0.5, 0.6) is 0 Å². The number of pyridine rings is 1. The van der Waals surface area contributed by atoms with Gasteiger partial charge in [0, 0.05) is 28.3 Å². The number of hydrogen-bond donors (Lipinski definition) is 1. The number of fused-ring (bicyclic) bond motifs is 1. The van der Waals surface area contributed by atoms with Crippen molar-refractivity contribution >= 4 is 39.8 Å². The average Bonchev–Trinajstić information content (AvgIpc) is 2.51. The summed E-state index contributed by atoms with van der Waals surface area (Å²) in [5, 5.41) is 5.76. The van der Waals surface area contributed by atoms with Gasteiger partial charge in [-0.25, -0.2) is 0 Å². The Morgan fingerprint density at radius 3 is 2.65 bits per heavy atom. The minimum absolute atomic E-state index is 0.378. The van der Waals surface area contributed by atoms with E-state index in [0.29, 0.717) is 16.1 Å². The van der Waals surface area contributed by atoms with E-state index in [0.717, 1.165) is 42.6 Å². The highest BCUT2D eigenvalue weighted by molar-refractivity contribution is 6.39. The van der Waals surface area contributed by atoms with Gasteiger partial charge in [-0.1, -0.05) is 37.0 Å². The molecular formula is C18H25Cl2N3. The molecule has 0 aliphatic carbocycles. The van der Waals surface area contributed by atoms with Gasteiger partial charge in [-0.15, -0.1) is 0 Å². The van der Waals surface area contributed by atoms with Gasteiger partial charge in [-0.3, -0.25) is 4.98 Å². The van der Waals surface area contributed by atoms with Crippen molar-refractivity contribution in [1.29, 1.82) is 0 Å². The van der Waals surface area contributed by atoms with Crippen molar-refractivity contribution in [3.8, 4) is 0 Å². The molecule has 0 aliphatic rings. The van der Waals surface area contributed by atoms with Crippen LogP contribution in [0.2, 0.25) is 10.0 Å². The van der Waals surface area contributed by atoms with Crippen molar-refractivity contribution in [3.05, 3.63) is 34.4 Å². The third-order valence-corrected chi connectivity index (χ3v) is 4.68. The summed E-state index contributed by atoms with van der Waals surface area (Å²) in [5.41, 5.74) is 1.84. The molecule has 3 nitrogen and oxygen atoms in total. The highest BCUT2D eigenvalue weighted by atomic mass is 35.5. The van der Waals surface area contributed by atoms with Crippen LogP contribution in [-0.4, -0.2) is 35.6 Å². The molecule has 1 aromatic heterocycles. The zero-order valence-electron chi connectivity index (χ0n) is 14.1. The smallest absolute Gasteiger partial charge is 0.0752 e. The molecular weight excluding hydrogens is 329 g/mol. The van der Waals surface area contributed by atoms with Crippen LogP contribution in [0, 0.1) is 0 Å². The summed E-state index contributed by atoms with van der Waals surface area (Å²) in [7, 11) is 0. The Kier molecular flexibility index (Phi) is 6.94. The topological polar surface area (TPSA) is 28.2 Å². The number of nitrogens with zero attached hydrogens (tertiary/aromatic N) is 2. The van der Waals surface area contributed by atoms with Gasteiger partial charge >= 0.3 is 0 Å². The molecule has 0 radical (unpaired) electrons. The van der Waals surface area contributed by atoms with E-state index in [2.05, 4.69) is 36.0 Å². The molecule has 1 heterocycles. The SMILES string of the molecule is CCN(CC)CCCC(C)Nc1ccnc2cc(Cl)cc(Cl)c12. The maximum absolute atomic E-state index is 6.36. The third-order valence-electron chi connectivity index (χ3n) is 4.17. The van der Waals surface area contributed by atoms with Crippen molar-refractivity contribution in [2.24, 2.45) is 0 Å². The van der Waals surface area contributed by atoms with Crippen LogP contribution >= 0.6 is 23.2 Å². The summed E-state index contributed by atoms with van der Waals surface area (Å²) in [6.07, 6.45) is 4.09. The van der Waals surface area contributed by atoms with Crippen LogP contribution in [0.25, 0.3) is 10.9 Å². The lowest BCUT2D eigenvalue weighted by atomic mass is 10.1. The second-order valence-corrected chi connectivity index (χ2v) is 6.70. The number of rotatable bonds is 8. The van der Waals surface area contributed by atoms with Crippen molar-refractivity contribution < 1.29 is 0 Å². The Balaban J connectivity index is 2.04. The average molecular weight is 354 g/mol. The standard InChI is InChI=1S/C18H25Cl2N3/c1-4-23(5-2)10-6-7-13(3)22-16-8-9-21-17-12-14(19)11-15(20)18(16)17/h8-9,11-13H,4-7,10H2,1-3H3,(H,21,22). The summed E-state index contributed by atoms with van der Waals surface area (Å²) in [4.78, 5) is 6.81. The highest BCUT2D eigenvalue weighted by Crippen LogP contribution is 2.32. The van der Waals surface area contributed by atoms with E-state index in [-0.39, 0.29) is 0 Å². The molecule has 1 aromatic carbocycles. The number of hydrogen-bond acceptors (Lipinski definition) is 3. The molecule has 0 spiro atoms. The molecule has 1 N–H and O–H groups in total. The van der Waals surface area contributed by atoms with Gasteiger partial charge in [0.1, 0.15) is 0 Å². The first-order valence-electron chi connectivity index (χ1n) is 8.27. The van der Waals surface area contributed by atoms with E-state index < -0.39 is 0 Å². The Hall–Kier alpha value is -1.03. The minimum atomic E-state index is 0.378. The van der Waals surface area contributed by atoms with E-state index in [1.807, 2.05) is 12.1 Å². The number of halogens is 2. The molecule has 5 heteroatoms. The maximum Gasteiger partial charge on any atom is 0.0752 e. The highest BCUT2D eigenvalue weighted by Gasteiger charge is 2.10. The Morgan fingerprint density at radius 2 is 1.96 bits per heavy atom. The van der Waals surface area contributed by atoms with Crippen LogP contribution < -0.4 is 5.32 Å². The van der Waals surface area contributed by atoms with Gasteiger partial charge in [-0.05, 0) is 57.6 Å².